The van der Waals surface area contributed by atoms with Crippen molar-refractivity contribution >= 4 is 29.1 Å². The summed E-state index contributed by atoms with van der Waals surface area (Å²) >= 11 is 5.94. The largest absolute Gasteiger partial charge is 0.336 e. The molecule has 2 aromatic carbocycles. The van der Waals surface area contributed by atoms with E-state index < -0.39 is 0 Å². The van der Waals surface area contributed by atoms with Crippen LogP contribution in [-0.2, 0) is 11.3 Å². The summed E-state index contributed by atoms with van der Waals surface area (Å²) in [5, 5.41) is 3.65. The lowest BCUT2D eigenvalue weighted by Gasteiger charge is -2.34. The molecule has 2 aliphatic rings. The molecule has 0 aromatic heterocycles. The molecule has 0 unspecified atom stereocenters. The highest BCUT2D eigenvalue weighted by Gasteiger charge is 2.29. The monoisotopic (exact) mass is 397 g/mol. The Balaban J connectivity index is 1.28. The highest BCUT2D eigenvalue weighted by molar-refractivity contribution is 6.30. The number of carbonyl (C=O) groups excluding carboxylic acids is 2. The first kappa shape index (κ1) is 19.0. The Morgan fingerprint density at radius 3 is 2.18 bits per heavy atom. The van der Waals surface area contributed by atoms with Crippen LogP contribution in [0.2, 0.25) is 5.02 Å². The van der Waals surface area contributed by atoms with Gasteiger partial charge in [-0.2, -0.15) is 0 Å². The van der Waals surface area contributed by atoms with Crippen LogP contribution in [0.25, 0.3) is 0 Å². The minimum absolute atomic E-state index is 0.0474. The van der Waals surface area contributed by atoms with Crippen molar-refractivity contribution in [3.63, 3.8) is 0 Å². The first-order valence-corrected chi connectivity index (χ1v) is 10.1. The maximum absolute atomic E-state index is 12.8. The molecule has 1 aliphatic carbocycles. The normalized spacial score (nSPS) is 17.4. The molecule has 146 valence electrons. The van der Waals surface area contributed by atoms with E-state index in [2.05, 4.69) is 10.2 Å². The fourth-order valence-corrected chi connectivity index (χ4v) is 3.55. The number of anilines is 1. The van der Waals surface area contributed by atoms with E-state index in [4.69, 9.17) is 11.6 Å². The molecule has 1 heterocycles. The highest BCUT2D eigenvalue weighted by atomic mass is 35.5. The Kier molecular flexibility index (Phi) is 5.64. The summed E-state index contributed by atoms with van der Waals surface area (Å²) in [6, 6.07) is 15.1. The zero-order valence-electron chi connectivity index (χ0n) is 15.7. The summed E-state index contributed by atoms with van der Waals surface area (Å²) in [5.74, 6) is 0.299. The average molecular weight is 398 g/mol. The molecule has 28 heavy (non-hydrogen) atoms. The van der Waals surface area contributed by atoms with Crippen molar-refractivity contribution in [1.82, 2.24) is 9.80 Å². The summed E-state index contributed by atoms with van der Waals surface area (Å²) in [6.45, 7) is 4.00. The van der Waals surface area contributed by atoms with Crippen molar-refractivity contribution < 1.29 is 9.59 Å². The summed E-state index contributed by atoms with van der Waals surface area (Å²) < 4.78 is 0. The van der Waals surface area contributed by atoms with Crippen molar-refractivity contribution in [1.29, 1.82) is 0 Å². The van der Waals surface area contributed by atoms with Crippen LogP contribution >= 0.6 is 11.6 Å². The third-order valence-electron chi connectivity index (χ3n) is 5.33. The van der Waals surface area contributed by atoms with Crippen molar-refractivity contribution in [3.05, 3.63) is 64.7 Å². The van der Waals surface area contributed by atoms with Crippen LogP contribution in [0.5, 0.6) is 0 Å². The topological polar surface area (TPSA) is 52.7 Å². The fourth-order valence-electron chi connectivity index (χ4n) is 3.43. The quantitative estimate of drug-likeness (QED) is 0.837. The predicted octanol–water partition coefficient (Wildman–Crippen LogP) is 3.65. The lowest BCUT2D eigenvalue weighted by atomic mass is 10.1. The van der Waals surface area contributed by atoms with Crippen LogP contribution in [0, 0.1) is 5.92 Å². The van der Waals surface area contributed by atoms with Crippen LogP contribution in [0.15, 0.2) is 48.5 Å². The number of nitrogens with zero attached hydrogens (tertiary/aromatic N) is 2. The second-order valence-electron chi connectivity index (χ2n) is 7.54. The molecule has 1 saturated carbocycles. The van der Waals surface area contributed by atoms with E-state index in [1.54, 1.807) is 12.1 Å². The summed E-state index contributed by atoms with van der Waals surface area (Å²) in [7, 11) is 0. The third-order valence-corrected chi connectivity index (χ3v) is 5.58. The summed E-state index contributed by atoms with van der Waals surface area (Å²) in [5.41, 5.74) is 2.64. The summed E-state index contributed by atoms with van der Waals surface area (Å²) in [4.78, 5) is 28.8. The molecule has 0 radical (unpaired) electrons. The SMILES string of the molecule is O=C(Nc1ccc(C(=O)N2CCN(Cc3ccc(Cl)cc3)CC2)cc1)C1CC1. The number of amides is 2. The van der Waals surface area contributed by atoms with Crippen molar-refractivity contribution in [2.24, 2.45) is 5.92 Å². The van der Waals surface area contributed by atoms with Gasteiger partial charge < -0.3 is 10.2 Å². The molecule has 1 aliphatic heterocycles. The smallest absolute Gasteiger partial charge is 0.253 e. The second kappa shape index (κ2) is 8.33. The van der Waals surface area contributed by atoms with Gasteiger partial charge >= 0.3 is 0 Å². The Morgan fingerprint density at radius 1 is 0.929 bits per heavy atom. The Bertz CT molecular complexity index is 839. The van der Waals surface area contributed by atoms with E-state index in [9.17, 15) is 9.59 Å². The number of hydrogen-bond acceptors (Lipinski definition) is 3. The summed E-state index contributed by atoms with van der Waals surface area (Å²) in [6.07, 6.45) is 1.96. The van der Waals surface area contributed by atoms with Gasteiger partial charge in [-0.25, -0.2) is 0 Å². The van der Waals surface area contributed by atoms with Crippen LogP contribution in [-0.4, -0.2) is 47.8 Å². The van der Waals surface area contributed by atoms with Crippen LogP contribution in [0.4, 0.5) is 5.69 Å². The molecule has 2 amide bonds. The van der Waals surface area contributed by atoms with Crippen LogP contribution in [0.3, 0.4) is 0 Å². The number of carbonyl (C=O) groups is 2. The lowest BCUT2D eigenvalue weighted by molar-refractivity contribution is -0.117. The number of nitrogens with one attached hydrogen (secondary N) is 1. The molecule has 5 nitrogen and oxygen atoms in total. The van der Waals surface area contributed by atoms with Gasteiger partial charge in [0.25, 0.3) is 5.91 Å². The van der Waals surface area contributed by atoms with E-state index in [1.807, 2.05) is 41.3 Å². The Morgan fingerprint density at radius 2 is 1.57 bits per heavy atom. The van der Waals surface area contributed by atoms with Gasteiger partial charge in [-0.05, 0) is 54.8 Å². The first-order valence-electron chi connectivity index (χ1n) is 9.75. The lowest BCUT2D eigenvalue weighted by Crippen LogP contribution is -2.48. The minimum Gasteiger partial charge on any atom is -0.336 e. The number of piperazine rings is 1. The molecular formula is C22H24ClN3O2. The van der Waals surface area contributed by atoms with Crippen LogP contribution < -0.4 is 5.32 Å². The number of rotatable bonds is 5. The predicted molar refractivity (Wildman–Crippen MR) is 110 cm³/mol. The van der Waals surface area contributed by atoms with Gasteiger partial charge in [0.15, 0.2) is 0 Å². The Labute approximate surface area is 170 Å². The van der Waals surface area contributed by atoms with E-state index in [-0.39, 0.29) is 17.7 Å². The molecule has 2 aromatic rings. The second-order valence-corrected chi connectivity index (χ2v) is 7.97. The minimum atomic E-state index is 0.0474. The van der Waals surface area contributed by atoms with E-state index >= 15 is 0 Å². The number of halogens is 1. The fraction of sp³-hybridized carbons (Fsp3) is 0.364. The Hall–Kier alpha value is -2.37. The van der Waals surface area contributed by atoms with Gasteiger partial charge in [-0.3, -0.25) is 14.5 Å². The molecule has 4 rings (SSSR count). The van der Waals surface area contributed by atoms with Crippen molar-refractivity contribution in [2.75, 3.05) is 31.5 Å². The van der Waals surface area contributed by atoms with Gasteiger partial charge in [0.2, 0.25) is 5.91 Å². The average Bonchev–Trinajstić information content (AvgIpc) is 3.56. The number of hydrogen-bond donors (Lipinski definition) is 1. The van der Waals surface area contributed by atoms with E-state index in [0.29, 0.717) is 18.7 Å². The standard InChI is InChI=1S/C22H24ClN3O2/c23-19-7-1-16(2-8-19)15-25-11-13-26(14-12-25)22(28)18-5-9-20(10-6-18)24-21(27)17-3-4-17/h1-2,5-10,17H,3-4,11-15H2,(H,24,27). The molecular weight excluding hydrogens is 374 g/mol. The molecule has 0 spiro atoms. The van der Waals surface area contributed by atoms with Crippen molar-refractivity contribution in [2.45, 2.75) is 19.4 Å². The van der Waals surface area contributed by atoms with Gasteiger partial charge in [0.1, 0.15) is 0 Å². The number of benzene rings is 2. The first-order chi connectivity index (χ1) is 13.6. The van der Waals surface area contributed by atoms with E-state index in [1.165, 1.54) is 5.56 Å². The zero-order chi connectivity index (χ0) is 19.5. The molecule has 0 atom stereocenters. The van der Waals surface area contributed by atoms with Gasteiger partial charge in [0, 0.05) is 54.9 Å². The van der Waals surface area contributed by atoms with Gasteiger partial charge in [-0.15, -0.1) is 0 Å². The van der Waals surface area contributed by atoms with Crippen molar-refractivity contribution in [3.8, 4) is 0 Å². The van der Waals surface area contributed by atoms with Gasteiger partial charge in [-0.1, -0.05) is 23.7 Å². The third kappa shape index (κ3) is 4.72. The van der Waals surface area contributed by atoms with E-state index in [0.717, 1.165) is 43.2 Å². The highest BCUT2D eigenvalue weighted by Crippen LogP contribution is 2.30. The molecule has 1 saturated heterocycles. The maximum atomic E-state index is 12.8. The maximum Gasteiger partial charge on any atom is 0.253 e. The van der Waals surface area contributed by atoms with Gasteiger partial charge in [0.05, 0.1) is 0 Å². The zero-order valence-corrected chi connectivity index (χ0v) is 16.5. The van der Waals surface area contributed by atoms with Crippen LogP contribution in [0.1, 0.15) is 28.8 Å². The molecule has 2 fully saturated rings. The molecule has 0 bridgehead atoms. The molecule has 6 heteroatoms. The molecule has 1 N–H and O–H groups in total.